The van der Waals surface area contributed by atoms with Crippen molar-refractivity contribution in [1.82, 2.24) is 4.98 Å². The standard InChI is InChI=1S/C16H22BN3O2/c1-12-18-8-6-10-20(12)14-11-13(7-9-19-14)17-21-15(2,3)16(4,5)22-17/h6-12H,1-5H3. The molecule has 22 heavy (non-hydrogen) atoms. The minimum atomic E-state index is -0.376. The molecule has 6 heteroatoms. The van der Waals surface area contributed by atoms with Gasteiger partial charge in [-0.15, -0.1) is 0 Å². The van der Waals surface area contributed by atoms with E-state index in [1.807, 2.05) is 36.2 Å². The lowest BCUT2D eigenvalue weighted by molar-refractivity contribution is 0.00578. The van der Waals surface area contributed by atoms with Crippen molar-refractivity contribution >= 4 is 24.6 Å². The molecule has 3 rings (SSSR count). The van der Waals surface area contributed by atoms with Crippen LogP contribution in [0.2, 0.25) is 0 Å². The average Bonchev–Trinajstić information content (AvgIpc) is 2.68. The Morgan fingerprint density at radius 1 is 1.18 bits per heavy atom. The zero-order valence-corrected chi connectivity index (χ0v) is 13.8. The van der Waals surface area contributed by atoms with E-state index in [-0.39, 0.29) is 24.5 Å². The molecule has 116 valence electrons. The van der Waals surface area contributed by atoms with E-state index in [4.69, 9.17) is 9.31 Å². The molecule has 5 nitrogen and oxygen atoms in total. The Morgan fingerprint density at radius 3 is 2.50 bits per heavy atom. The van der Waals surface area contributed by atoms with Gasteiger partial charge in [0.2, 0.25) is 0 Å². The second kappa shape index (κ2) is 5.21. The number of pyridine rings is 1. The first-order chi connectivity index (χ1) is 10.3. The predicted molar refractivity (Wildman–Crippen MR) is 89.5 cm³/mol. The summed E-state index contributed by atoms with van der Waals surface area (Å²) in [6.45, 7) is 10.3. The second-order valence-corrected chi connectivity index (χ2v) is 6.71. The van der Waals surface area contributed by atoms with Gasteiger partial charge in [-0.1, -0.05) is 0 Å². The molecule has 1 fully saturated rings. The van der Waals surface area contributed by atoms with Gasteiger partial charge in [0.25, 0.3) is 0 Å². The maximum absolute atomic E-state index is 6.10. The van der Waals surface area contributed by atoms with Crippen LogP contribution >= 0.6 is 0 Å². The molecule has 0 aromatic carbocycles. The van der Waals surface area contributed by atoms with Gasteiger partial charge < -0.3 is 14.2 Å². The number of hydrogen-bond donors (Lipinski definition) is 0. The van der Waals surface area contributed by atoms with Crippen LogP contribution in [-0.4, -0.2) is 35.7 Å². The van der Waals surface area contributed by atoms with Crippen molar-refractivity contribution in [2.45, 2.75) is 52.0 Å². The number of hydrogen-bond acceptors (Lipinski definition) is 5. The number of aromatic nitrogens is 1. The predicted octanol–water partition coefficient (Wildman–Crippen LogP) is 2.13. The monoisotopic (exact) mass is 299 g/mol. The summed E-state index contributed by atoms with van der Waals surface area (Å²) in [5.41, 5.74) is 0.284. The summed E-state index contributed by atoms with van der Waals surface area (Å²) < 4.78 is 12.2. The molecule has 0 aliphatic carbocycles. The number of rotatable bonds is 2. The highest BCUT2D eigenvalue weighted by molar-refractivity contribution is 6.62. The summed E-state index contributed by atoms with van der Waals surface area (Å²) in [6.07, 6.45) is 7.51. The van der Waals surface area contributed by atoms with E-state index in [9.17, 15) is 0 Å². The average molecular weight is 299 g/mol. The van der Waals surface area contributed by atoms with Gasteiger partial charge in [-0.05, 0) is 58.3 Å². The van der Waals surface area contributed by atoms with Crippen LogP contribution in [-0.2, 0) is 9.31 Å². The fourth-order valence-corrected chi connectivity index (χ4v) is 2.47. The molecule has 1 aromatic rings. The van der Waals surface area contributed by atoms with E-state index in [1.54, 1.807) is 12.4 Å². The van der Waals surface area contributed by atoms with Crippen LogP contribution < -0.4 is 10.4 Å². The molecule has 2 aliphatic rings. The number of allylic oxidation sites excluding steroid dienone is 1. The molecule has 0 saturated carbocycles. The van der Waals surface area contributed by atoms with E-state index in [1.165, 1.54) is 0 Å². The fraction of sp³-hybridized carbons (Fsp3) is 0.500. The van der Waals surface area contributed by atoms with E-state index in [2.05, 4.69) is 37.7 Å². The van der Waals surface area contributed by atoms with Crippen LogP contribution in [0, 0.1) is 0 Å². The van der Waals surface area contributed by atoms with Crippen molar-refractivity contribution < 1.29 is 9.31 Å². The first-order valence-corrected chi connectivity index (χ1v) is 7.60. The van der Waals surface area contributed by atoms with Gasteiger partial charge in [0, 0.05) is 18.6 Å². The maximum atomic E-state index is 6.10. The van der Waals surface area contributed by atoms with Crippen LogP contribution in [0.1, 0.15) is 34.6 Å². The fourth-order valence-electron chi connectivity index (χ4n) is 2.47. The Balaban J connectivity index is 1.87. The third-order valence-corrected chi connectivity index (χ3v) is 4.60. The molecule has 0 radical (unpaired) electrons. The first kappa shape index (κ1) is 15.2. The smallest absolute Gasteiger partial charge is 0.399 e. The summed E-state index contributed by atoms with van der Waals surface area (Å²) in [5.74, 6) is 0.841. The van der Waals surface area contributed by atoms with E-state index < -0.39 is 0 Å². The first-order valence-electron chi connectivity index (χ1n) is 7.60. The minimum absolute atomic E-state index is 0.0334. The van der Waals surface area contributed by atoms with Gasteiger partial charge in [-0.25, -0.2) is 4.98 Å². The van der Waals surface area contributed by atoms with Crippen molar-refractivity contribution in [3.05, 3.63) is 30.6 Å². The lowest BCUT2D eigenvalue weighted by Crippen LogP contribution is -2.41. The van der Waals surface area contributed by atoms with Gasteiger partial charge in [0.15, 0.2) is 0 Å². The van der Waals surface area contributed by atoms with Gasteiger partial charge in [-0.3, -0.25) is 4.99 Å². The van der Waals surface area contributed by atoms with Gasteiger partial charge in [-0.2, -0.15) is 0 Å². The molecule has 0 spiro atoms. The number of aliphatic imine (C=N–C) groups is 1. The Hall–Kier alpha value is -1.66. The second-order valence-electron chi connectivity index (χ2n) is 6.71. The molecule has 1 aromatic heterocycles. The molecule has 2 aliphatic heterocycles. The van der Waals surface area contributed by atoms with E-state index in [0.717, 1.165) is 11.3 Å². The van der Waals surface area contributed by atoms with Gasteiger partial charge in [0.05, 0.1) is 11.2 Å². The van der Waals surface area contributed by atoms with Crippen molar-refractivity contribution in [2.24, 2.45) is 4.99 Å². The topological polar surface area (TPSA) is 47.0 Å². The lowest BCUT2D eigenvalue weighted by Gasteiger charge is -2.32. The Kier molecular flexibility index (Phi) is 3.61. The summed E-state index contributed by atoms with van der Waals surface area (Å²) in [7, 11) is -0.376. The highest BCUT2D eigenvalue weighted by atomic mass is 16.7. The third kappa shape index (κ3) is 2.57. The Labute approximate surface area is 132 Å². The van der Waals surface area contributed by atoms with Crippen LogP contribution in [0.3, 0.4) is 0 Å². The normalized spacial score (nSPS) is 25.8. The lowest BCUT2D eigenvalue weighted by atomic mass is 9.79. The molecular weight excluding hydrogens is 277 g/mol. The van der Waals surface area contributed by atoms with Crippen molar-refractivity contribution in [1.29, 1.82) is 0 Å². The molecule has 1 saturated heterocycles. The third-order valence-electron chi connectivity index (χ3n) is 4.60. The summed E-state index contributed by atoms with van der Waals surface area (Å²) >= 11 is 0. The number of anilines is 1. The van der Waals surface area contributed by atoms with Crippen molar-refractivity contribution in [3.8, 4) is 0 Å². The zero-order valence-electron chi connectivity index (χ0n) is 13.8. The van der Waals surface area contributed by atoms with Gasteiger partial charge >= 0.3 is 7.12 Å². The minimum Gasteiger partial charge on any atom is -0.399 e. The SMILES string of the molecule is CC1N=CC=CN1c1cc(B2OC(C)(C)C(C)(C)O2)ccn1. The summed E-state index contributed by atoms with van der Waals surface area (Å²) in [5, 5.41) is 0. The Bertz CT molecular complexity index is 612. The molecule has 1 unspecified atom stereocenters. The zero-order chi connectivity index (χ0) is 16.0. The van der Waals surface area contributed by atoms with Crippen LogP contribution in [0.5, 0.6) is 0 Å². The van der Waals surface area contributed by atoms with E-state index in [0.29, 0.717) is 0 Å². The van der Waals surface area contributed by atoms with Crippen molar-refractivity contribution in [2.75, 3.05) is 4.90 Å². The molecule has 0 bridgehead atoms. The molecule has 1 atom stereocenters. The largest absolute Gasteiger partial charge is 0.495 e. The molecule has 0 amide bonds. The van der Waals surface area contributed by atoms with Gasteiger partial charge in [0.1, 0.15) is 12.0 Å². The van der Waals surface area contributed by atoms with E-state index >= 15 is 0 Å². The van der Waals surface area contributed by atoms with Crippen molar-refractivity contribution in [3.63, 3.8) is 0 Å². The molecule has 3 heterocycles. The summed E-state index contributed by atoms with van der Waals surface area (Å²) in [6, 6.07) is 3.94. The number of nitrogens with zero attached hydrogens (tertiary/aromatic N) is 3. The van der Waals surface area contributed by atoms with Crippen LogP contribution in [0.4, 0.5) is 5.82 Å². The maximum Gasteiger partial charge on any atom is 0.495 e. The highest BCUT2D eigenvalue weighted by Crippen LogP contribution is 2.36. The molecule has 0 N–H and O–H groups in total. The van der Waals surface area contributed by atoms with Crippen LogP contribution in [0.15, 0.2) is 35.6 Å². The highest BCUT2D eigenvalue weighted by Gasteiger charge is 2.51. The molecular formula is C16H22BN3O2. The Morgan fingerprint density at radius 2 is 1.86 bits per heavy atom. The van der Waals surface area contributed by atoms with Crippen LogP contribution in [0.25, 0.3) is 0 Å². The summed E-state index contributed by atoms with van der Waals surface area (Å²) in [4.78, 5) is 10.8. The quantitative estimate of drug-likeness (QED) is 0.785.